The molecule has 0 aliphatic rings. The summed E-state index contributed by atoms with van der Waals surface area (Å²) >= 11 is 6.21. The van der Waals surface area contributed by atoms with Gasteiger partial charge in [-0.25, -0.2) is 0 Å². The first-order chi connectivity index (χ1) is 9.49. The number of nitrogens with two attached hydrogens (primary N) is 2. The third-order valence-electron chi connectivity index (χ3n) is 3.27. The summed E-state index contributed by atoms with van der Waals surface area (Å²) in [6, 6.07) is 3.50. The number of halogens is 1. The van der Waals surface area contributed by atoms with Crippen molar-refractivity contribution in [2.45, 2.75) is 52.0 Å². The van der Waals surface area contributed by atoms with E-state index in [0.717, 1.165) is 32.1 Å². The lowest BCUT2D eigenvalue weighted by molar-refractivity contribution is 0.100. The molecule has 1 unspecified atom stereocenters. The zero-order chi connectivity index (χ0) is 15.1. The number of nitrogen functional groups attached to an aromatic ring is 1. The van der Waals surface area contributed by atoms with Crippen LogP contribution in [0.15, 0.2) is 12.1 Å². The maximum Gasteiger partial charge on any atom is 0.250 e. The van der Waals surface area contributed by atoms with E-state index in [-0.39, 0.29) is 0 Å². The molecule has 0 aliphatic heterocycles. The molecule has 5 heteroatoms. The number of primary amides is 1. The van der Waals surface area contributed by atoms with E-state index in [0.29, 0.717) is 28.0 Å². The van der Waals surface area contributed by atoms with Crippen LogP contribution in [0.5, 0.6) is 0 Å². The second-order valence-electron chi connectivity index (χ2n) is 5.06. The minimum Gasteiger partial charge on any atom is -0.399 e. The minimum absolute atomic E-state index is 0.291. The van der Waals surface area contributed by atoms with E-state index in [1.54, 1.807) is 12.1 Å². The summed E-state index contributed by atoms with van der Waals surface area (Å²) in [7, 11) is 0. The molecule has 0 heterocycles. The Morgan fingerprint density at radius 3 is 2.55 bits per heavy atom. The summed E-state index contributed by atoms with van der Waals surface area (Å²) in [5, 5.41) is 3.81. The molecule has 0 aromatic heterocycles. The molecule has 1 amide bonds. The highest BCUT2D eigenvalue weighted by Crippen LogP contribution is 2.30. The molecule has 0 radical (unpaired) electrons. The lowest BCUT2D eigenvalue weighted by atomic mass is 10.0. The summed E-state index contributed by atoms with van der Waals surface area (Å²) in [6.07, 6.45) is 5.41. The standard InChI is InChI=1S/C15H24ClN3O/c1-3-5-7-11(6-4-2)19-14-12(15(18)20)8-10(17)9-13(14)16/h8-9,11,19H,3-7,17H2,1-2H3,(H2,18,20). The van der Waals surface area contributed by atoms with Crippen LogP contribution in [0.4, 0.5) is 11.4 Å². The van der Waals surface area contributed by atoms with Crippen LogP contribution in [0.2, 0.25) is 5.02 Å². The van der Waals surface area contributed by atoms with Gasteiger partial charge in [-0.2, -0.15) is 0 Å². The fourth-order valence-electron chi connectivity index (χ4n) is 2.26. The molecule has 1 atom stereocenters. The Morgan fingerprint density at radius 2 is 2.00 bits per heavy atom. The maximum absolute atomic E-state index is 11.5. The summed E-state index contributed by atoms with van der Waals surface area (Å²) < 4.78 is 0. The molecule has 0 saturated carbocycles. The van der Waals surface area contributed by atoms with Crippen LogP contribution < -0.4 is 16.8 Å². The van der Waals surface area contributed by atoms with Gasteiger partial charge in [0.1, 0.15) is 0 Å². The third-order valence-corrected chi connectivity index (χ3v) is 3.57. The number of nitrogens with one attached hydrogen (secondary N) is 1. The van der Waals surface area contributed by atoms with Gasteiger partial charge in [0.2, 0.25) is 0 Å². The number of carbonyl (C=O) groups is 1. The van der Waals surface area contributed by atoms with E-state index in [1.807, 2.05) is 0 Å². The van der Waals surface area contributed by atoms with E-state index in [2.05, 4.69) is 19.2 Å². The van der Waals surface area contributed by atoms with Gasteiger partial charge in [0.15, 0.2) is 0 Å². The molecule has 0 fully saturated rings. The monoisotopic (exact) mass is 297 g/mol. The molecule has 112 valence electrons. The zero-order valence-corrected chi connectivity index (χ0v) is 13.0. The van der Waals surface area contributed by atoms with Gasteiger partial charge in [-0.05, 0) is 25.0 Å². The van der Waals surface area contributed by atoms with E-state index in [9.17, 15) is 4.79 Å². The third kappa shape index (κ3) is 4.60. The molecule has 0 bridgehead atoms. The molecule has 4 nitrogen and oxygen atoms in total. The smallest absolute Gasteiger partial charge is 0.250 e. The largest absolute Gasteiger partial charge is 0.399 e. The fourth-order valence-corrected chi connectivity index (χ4v) is 2.54. The van der Waals surface area contributed by atoms with Crippen LogP contribution in [0, 0.1) is 0 Å². The first-order valence-electron chi connectivity index (χ1n) is 7.14. The summed E-state index contributed by atoms with van der Waals surface area (Å²) in [6.45, 7) is 4.30. The molecule has 20 heavy (non-hydrogen) atoms. The minimum atomic E-state index is -0.521. The van der Waals surface area contributed by atoms with Gasteiger partial charge in [0.25, 0.3) is 5.91 Å². The van der Waals surface area contributed by atoms with Crippen molar-refractivity contribution in [3.63, 3.8) is 0 Å². The van der Waals surface area contributed by atoms with Gasteiger partial charge in [0.05, 0.1) is 16.3 Å². The second kappa shape index (κ2) is 8.00. The number of rotatable bonds is 8. The van der Waals surface area contributed by atoms with Gasteiger partial charge in [0, 0.05) is 11.7 Å². The molecule has 0 aliphatic carbocycles. The van der Waals surface area contributed by atoms with E-state index in [1.165, 1.54) is 0 Å². The lowest BCUT2D eigenvalue weighted by Gasteiger charge is -2.22. The van der Waals surface area contributed by atoms with Crippen LogP contribution in [-0.2, 0) is 0 Å². The highest BCUT2D eigenvalue weighted by atomic mass is 35.5. The number of benzene rings is 1. The maximum atomic E-state index is 11.5. The van der Waals surface area contributed by atoms with Crippen molar-refractivity contribution >= 4 is 28.9 Å². The van der Waals surface area contributed by atoms with Crippen molar-refractivity contribution < 1.29 is 4.79 Å². The average Bonchev–Trinajstić information content (AvgIpc) is 2.38. The molecule has 0 spiro atoms. The van der Waals surface area contributed by atoms with Crippen molar-refractivity contribution in [1.29, 1.82) is 0 Å². The van der Waals surface area contributed by atoms with Gasteiger partial charge in [-0.1, -0.05) is 44.7 Å². The van der Waals surface area contributed by atoms with E-state index < -0.39 is 5.91 Å². The SMILES string of the molecule is CCCCC(CCC)Nc1c(Cl)cc(N)cc1C(N)=O. The van der Waals surface area contributed by atoms with Gasteiger partial charge >= 0.3 is 0 Å². The van der Waals surface area contributed by atoms with Crippen LogP contribution >= 0.6 is 11.6 Å². The Balaban J connectivity index is 3.01. The number of hydrogen-bond acceptors (Lipinski definition) is 3. The number of unbranched alkanes of at least 4 members (excludes halogenated alkanes) is 1. The van der Waals surface area contributed by atoms with Gasteiger partial charge in [-0.3, -0.25) is 4.79 Å². The van der Waals surface area contributed by atoms with Crippen molar-refractivity contribution in [2.24, 2.45) is 5.73 Å². The topological polar surface area (TPSA) is 81.1 Å². The Kier molecular flexibility index (Phi) is 6.65. The first-order valence-corrected chi connectivity index (χ1v) is 7.52. The zero-order valence-electron chi connectivity index (χ0n) is 12.2. The van der Waals surface area contributed by atoms with E-state index in [4.69, 9.17) is 23.1 Å². The van der Waals surface area contributed by atoms with Gasteiger partial charge < -0.3 is 16.8 Å². The van der Waals surface area contributed by atoms with Crippen molar-refractivity contribution in [2.75, 3.05) is 11.1 Å². The predicted molar refractivity (Wildman–Crippen MR) is 86.2 cm³/mol. The number of carbonyl (C=O) groups excluding carboxylic acids is 1. The molecular formula is C15H24ClN3O. The number of amides is 1. The van der Waals surface area contributed by atoms with Crippen LogP contribution in [0.1, 0.15) is 56.3 Å². The Labute approximate surface area is 125 Å². The van der Waals surface area contributed by atoms with Gasteiger partial charge in [-0.15, -0.1) is 0 Å². The Morgan fingerprint density at radius 1 is 1.30 bits per heavy atom. The Bertz CT molecular complexity index is 463. The predicted octanol–water partition coefficient (Wildman–Crippen LogP) is 3.79. The molecule has 5 N–H and O–H groups in total. The van der Waals surface area contributed by atoms with Crippen LogP contribution in [-0.4, -0.2) is 11.9 Å². The lowest BCUT2D eigenvalue weighted by Crippen LogP contribution is -2.23. The highest BCUT2D eigenvalue weighted by Gasteiger charge is 2.16. The molecule has 1 aromatic rings. The molecule has 0 saturated heterocycles. The van der Waals surface area contributed by atoms with E-state index >= 15 is 0 Å². The number of hydrogen-bond donors (Lipinski definition) is 3. The summed E-state index contributed by atoms with van der Waals surface area (Å²) in [4.78, 5) is 11.5. The molecule has 1 aromatic carbocycles. The van der Waals surface area contributed by atoms with Crippen LogP contribution in [0.25, 0.3) is 0 Å². The first kappa shape index (κ1) is 16.6. The molecular weight excluding hydrogens is 274 g/mol. The van der Waals surface area contributed by atoms with Crippen molar-refractivity contribution in [1.82, 2.24) is 0 Å². The molecule has 1 rings (SSSR count). The highest BCUT2D eigenvalue weighted by molar-refractivity contribution is 6.34. The summed E-state index contributed by atoms with van der Waals surface area (Å²) in [5.74, 6) is -0.521. The van der Waals surface area contributed by atoms with Crippen molar-refractivity contribution in [3.05, 3.63) is 22.7 Å². The quantitative estimate of drug-likeness (QED) is 0.638. The average molecular weight is 298 g/mol. The van der Waals surface area contributed by atoms with Crippen LogP contribution in [0.3, 0.4) is 0 Å². The Hall–Kier alpha value is -1.42. The van der Waals surface area contributed by atoms with Crippen molar-refractivity contribution in [3.8, 4) is 0 Å². The second-order valence-corrected chi connectivity index (χ2v) is 5.47. The number of anilines is 2. The normalized spacial score (nSPS) is 12.2. The summed E-state index contributed by atoms with van der Waals surface area (Å²) in [5.41, 5.74) is 12.5. The fraction of sp³-hybridized carbons (Fsp3) is 0.533.